The summed E-state index contributed by atoms with van der Waals surface area (Å²) >= 11 is 0. The highest BCUT2D eigenvalue weighted by atomic mass is 16.5. The molecule has 7 nitrogen and oxygen atoms in total. The van der Waals surface area contributed by atoms with Gasteiger partial charge in [-0.15, -0.1) is 0 Å². The first-order valence-corrected chi connectivity index (χ1v) is 10.4. The number of amides is 2. The van der Waals surface area contributed by atoms with Gasteiger partial charge in [-0.25, -0.2) is 4.79 Å². The van der Waals surface area contributed by atoms with Gasteiger partial charge in [-0.3, -0.25) is 9.59 Å². The quantitative estimate of drug-likeness (QED) is 0.624. The molecule has 2 aliphatic rings. The number of ether oxygens (including phenoxy) is 1. The number of hydrogen-bond acceptors (Lipinski definition) is 5. The first kappa shape index (κ1) is 21.7. The molecule has 0 aromatic heterocycles. The molecule has 1 saturated carbocycles. The number of rotatable bonds is 8. The zero-order valence-electron chi connectivity index (χ0n) is 17.0. The van der Waals surface area contributed by atoms with E-state index in [0.29, 0.717) is 6.42 Å². The SMILES string of the molecule is CC[C@H](C)[C@@H](C(=O)OC)N(CC(=O)NC1CCCCC1)C(=O)[C@@H]1CCCN1. The highest BCUT2D eigenvalue weighted by Crippen LogP contribution is 2.21. The van der Waals surface area contributed by atoms with Gasteiger partial charge in [-0.2, -0.15) is 0 Å². The topological polar surface area (TPSA) is 87.7 Å². The molecule has 154 valence electrons. The molecule has 2 N–H and O–H groups in total. The van der Waals surface area contributed by atoms with Crippen LogP contribution in [0.25, 0.3) is 0 Å². The van der Waals surface area contributed by atoms with E-state index >= 15 is 0 Å². The van der Waals surface area contributed by atoms with Crippen molar-refractivity contribution in [2.75, 3.05) is 20.2 Å². The number of esters is 1. The summed E-state index contributed by atoms with van der Waals surface area (Å²) in [6, 6.07) is -0.899. The van der Waals surface area contributed by atoms with Gasteiger partial charge >= 0.3 is 5.97 Å². The number of nitrogens with one attached hydrogen (secondary N) is 2. The van der Waals surface area contributed by atoms with Crippen LogP contribution in [-0.2, 0) is 19.1 Å². The van der Waals surface area contributed by atoms with Gasteiger partial charge in [0.05, 0.1) is 13.2 Å². The molecule has 7 heteroatoms. The lowest BCUT2D eigenvalue weighted by Crippen LogP contribution is -2.57. The maximum Gasteiger partial charge on any atom is 0.328 e. The van der Waals surface area contributed by atoms with Crippen LogP contribution in [0.5, 0.6) is 0 Å². The Morgan fingerprint density at radius 3 is 2.41 bits per heavy atom. The lowest BCUT2D eigenvalue weighted by atomic mass is 9.95. The van der Waals surface area contributed by atoms with Crippen molar-refractivity contribution in [3.63, 3.8) is 0 Å². The van der Waals surface area contributed by atoms with E-state index in [2.05, 4.69) is 10.6 Å². The molecule has 0 unspecified atom stereocenters. The van der Waals surface area contributed by atoms with E-state index in [0.717, 1.165) is 45.1 Å². The Morgan fingerprint density at radius 2 is 1.85 bits per heavy atom. The maximum absolute atomic E-state index is 13.1. The molecule has 0 spiro atoms. The molecule has 27 heavy (non-hydrogen) atoms. The van der Waals surface area contributed by atoms with Gasteiger partial charge in [0.25, 0.3) is 0 Å². The summed E-state index contributed by atoms with van der Waals surface area (Å²) in [6.45, 7) is 4.57. The van der Waals surface area contributed by atoms with E-state index in [4.69, 9.17) is 4.74 Å². The minimum Gasteiger partial charge on any atom is -0.467 e. The predicted molar refractivity (Wildman–Crippen MR) is 103 cm³/mol. The van der Waals surface area contributed by atoms with Gasteiger partial charge in [0.2, 0.25) is 11.8 Å². The molecule has 0 radical (unpaired) electrons. The molecule has 2 rings (SSSR count). The second-order valence-corrected chi connectivity index (χ2v) is 7.87. The van der Waals surface area contributed by atoms with E-state index < -0.39 is 12.0 Å². The van der Waals surface area contributed by atoms with Crippen LogP contribution in [0.2, 0.25) is 0 Å². The Balaban J connectivity index is 2.15. The number of carbonyl (C=O) groups is 3. The van der Waals surface area contributed by atoms with Crippen molar-refractivity contribution in [2.45, 2.75) is 83.3 Å². The molecular weight excluding hydrogens is 346 g/mol. The second kappa shape index (κ2) is 10.6. The lowest BCUT2D eigenvalue weighted by molar-refractivity contribution is -0.157. The fourth-order valence-electron chi connectivity index (χ4n) is 4.09. The van der Waals surface area contributed by atoms with Crippen molar-refractivity contribution in [1.29, 1.82) is 0 Å². The van der Waals surface area contributed by atoms with Crippen LogP contribution >= 0.6 is 0 Å². The highest BCUT2D eigenvalue weighted by molar-refractivity contribution is 5.92. The van der Waals surface area contributed by atoms with Crippen LogP contribution in [0.4, 0.5) is 0 Å². The summed E-state index contributed by atoms with van der Waals surface area (Å²) < 4.78 is 4.98. The minimum atomic E-state index is -0.744. The Bertz CT molecular complexity index is 513. The number of nitrogens with zero attached hydrogens (tertiary/aromatic N) is 1. The zero-order valence-corrected chi connectivity index (χ0v) is 17.0. The van der Waals surface area contributed by atoms with Crippen molar-refractivity contribution in [3.05, 3.63) is 0 Å². The van der Waals surface area contributed by atoms with Gasteiger partial charge in [0.1, 0.15) is 12.6 Å². The molecule has 1 aliphatic carbocycles. The average Bonchev–Trinajstić information content (AvgIpc) is 3.22. The summed E-state index contributed by atoms with van der Waals surface area (Å²) in [4.78, 5) is 39.7. The van der Waals surface area contributed by atoms with Crippen molar-refractivity contribution >= 4 is 17.8 Å². The number of hydrogen-bond donors (Lipinski definition) is 2. The van der Waals surface area contributed by atoms with Gasteiger partial charge in [0.15, 0.2) is 0 Å². The Kier molecular flexibility index (Phi) is 8.54. The molecule has 0 aromatic rings. The van der Waals surface area contributed by atoms with Gasteiger partial charge < -0.3 is 20.3 Å². The third-order valence-corrected chi connectivity index (χ3v) is 5.89. The van der Waals surface area contributed by atoms with Crippen LogP contribution in [0, 0.1) is 5.92 Å². The van der Waals surface area contributed by atoms with Crippen LogP contribution in [0.15, 0.2) is 0 Å². The molecule has 2 fully saturated rings. The molecule has 0 aromatic carbocycles. The van der Waals surface area contributed by atoms with Crippen LogP contribution < -0.4 is 10.6 Å². The fraction of sp³-hybridized carbons (Fsp3) is 0.850. The monoisotopic (exact) mass is 381 g/mol. The summed E-state index contributed by atoms with van der Waals surface area (Å²) in [5.74, 6) is -0.918. The zero-order chi connectivity index (χ0) is 19.8. The van der Waals surface area contributed by atoms with Gasteiger partial charge in [-0.05, 0) is 38.1 Å². The molecule has 1 heterocycles. The average molecular weight is 382 g/mol. The molecule has 0 bridgehead atoms. The Hall–Kier alpha value is -1.63. The third-order valence-electron chi connectivity index (χ3n) is 5.89. The summed E-state index contributed by atoms with van der Waals surface area (Å²) in [7, 11) is 1.33. The number of carbonyl (C=O) groups excluding carboxylic acids is 3. The highest BCUT2D eigenvalue weighted by Gasteiger charge is 2.39. The van der Waals surface area contributed by atoms with E-state index in [-0.39, 0.29) is 36.4 Å². The largest absolute Gasteiger partial charge is 0.467 e. The van der Waals surface area contributed by atoms with E-state index in [1.54, 1.807) is 0 Å². The minimum absolute atomic E-state index is 0.0923. The summed E-state index contributed by atoms with van der Waals surface area (Å²) in [6.07, 6.45) is 7.78. The number of methoxy groups -OCH3 is 1. The molecule has 3 atom stereocenters. The third kappa shape index (κ3) is 5.92. The molecule has 1 saturated heterocycles. The Labute approximate surface area is 162 Å². The van der Waals surface area contributed by atoms with Gasteiger partial charge in [0, 0.05) is 6.04 Å². The second-order valence-electron chi connectivity index (χ2n) is 7.87. The van der Waals surface area contributed by atoms with E-state index in [1.807, 2.05) is 13.8 Å². The van der Waals surface area contributed by atoms with Crippen molar-refractivity contribution in [3.8, 4) is 0 Å². The lowest BCUT2D eigenvalue weighted by Gasteiger charge is -2.35. The fourth-order valence-corrected chi connectivity index (χ4v) is 4.09. The van der Waals surface area contributed by atoms with Gasteiger partial charge in [-0.1, -0.05) is 39.5 Å². The standard InChI is InChI=1S/C20H35N3O4/c1-4-14(2)18(20(26)27-3)23(19(25)16-11-8-12-21-16)13-17(24)22-15-9-6-5-7-10-15/h14-16,18,21H,4-13H2,1-3H3,(H,22,24)/t14-,16-,18-/m0/s1. The first-order chi connectivity index (χ1) is 13.0. The molecule has 1 aliphatic heterocycles. The normalized spacial score (nSPS) is 22.7. The van der Waals surface area contributed by atoms with E-state index in [9.17, 15) is 14.4 Å². The predicted octanol–water partition coefficient (Wildman–Crippen LogP) is 1.60. The van der Waals surface area contributed by atoms with Crippen LogP contribution in [0.1, 0.15) is 65.2 Å². The molecule has 2 amide bonds. The van der Waals surface area contributed by atoms with E-state index in [1.165, 1.54) is 18.4 Å². The van der Waals surface area contributed by atoms with Crippen molar-refractivity contribution in [2.24, 2.45) is 5.92 Å². The first-order valence-electron chi connectivity index (χ1n) is 10.4. The molecular formula is C20H35N3O4. The summed E-state index contributed by atoms with van der Waals surface area (Å²) in [5.41, 5.74) is 0. The van der Waals surface area contributed by atoms with Crippen molar-refractivity contribution in [1.82, 2.24) is 15.5 Å². The Morgan fingerprint density at radius 1 is 1.15 bits per heavy atom. The smallest absolute Gasteiger partial charge is 0.328 e. The van der Waals surface area contributed by atoms with Crippen LogP contribution in [-0.4, -0.2) is 61.0 Å². The summed E-state index contributed by atoms with van der Waals surface area (Å²) in [5, 5.41) is 6.24. The maximum atomic E-state index is 13.1. The van der Waals surface area contributed by atoms with Crippen LogP contribution in [0.3, 0.4) is 0 Å². The van der Waals surface area contributed by atoms with Crippen molar-refractivity contribution < 1.29 is 19.1 Å².